The summed E-state index contributed by atoms with van der Waals surface area (Å²) in [4.78, 5) is 14.3. The van der Waals surface area contributed by atoms with E-state index in [0.717, 1.165) is 51.9 Å². The first-order valence-electron chi connectivity index (χ1n) is 6.91. The van der Waals surface area contributed by atoms with Gasteiger partial charge < -0.3 is 10.1 Å². The van der Waals surface area contributed by atoms with E-state index in [1.807, 2.05) is 6.92 Å². The number of unbranched alkanes of at least 4 members (excludes halogenated alkanes) is 1. The molecule has 1 unspecified atom stereocenters. The van der Waals surface area contributed by atoms with Gasteiger partial charge in [0, 0.05) is 19.6 Å². The Morgan fingerprint density at radius 1 is 1.35 bits per heavy atom. The zero-order valence-electron chi connectivity index (χ0n) is 11.2. The molecule has 0 aromatic carbocycles. The second-order valence-electron chi connectivity index (χ2n) is 4.55. The third-order valence-electron chi connectivity index (χ3n) is 3.21. The molecule has 0 aliphatic carbocycles. The minimum absolute atomic E-state index is 0.0326. The lowest BCUT2D eigenvalue weighted by Crippen LogP contribution is -2.44. The van der Waals surface area contributed by atoms with Crippen molar-refractivity contribution in [1.82, 2.24) is 10.2 Å². The molecule has 1 N–H and O–H groups in total. The highest BCUT2D eigenvalue weighted by atomic mass is 16.5. The average Bonchev–Trinajstić information content (AvgIpc) is 2.59. The van der Waals surface area contributed by atoms with E-state index in [-0.39, 0.29) is 12.0 Å². The molecule has 0 spiro atoms. The van der Waals surface area contributed by atoms with Crippen LogP contribution in [0.1, 0.15) is 39.5 Å². The van der Waals surface area contributed by atoms with Gasteiger partial charge in [0.25, 0.3) is 0 Å². The van der Waals surface area contributed by atoms with Crippen molar-refractivity contribution >= 4 is 5.97 Å². The number of nitrogens with one attached hydrogen (secondary N) is 1. The fraction of sp³-hybridized carbons (Fsp3) is 0.923. The Kier molecular flexibility index (Phi) is 7.21. The summed E-state index contributed by atoms with van der Waals surface area (Å²) < 4.78 is 5.19. The first-order chi connectivity index (χ1) is 8.29. The van der Waals surface area contributed by atoms with E-state index >= 15 is 0 Å². The zero-order chi connectivity index (χ0) is 12.5. The van der Waals surface area contributed by atoms with E-state index in [1.54, 1.807) is 0 Å². The largest absolute Gasteiger partial charge is 0.465 e. The molecule has 1 fully saturated rings. The molecule has 1 heterocycles. The maximum absolute atomic E-state index is 12.0. The highest BCUT2D eigenvalue weighted by Crippen LogP contribution is 2.12. The topological polar surface area (TPSA) is 41.6 Å². The smallest absolute Gasteiger partial charge is 0.323 e. The van der Waals surface area contributed by atoms with Crippen LogP contribution < -0.4 is 5.32 Å². The Hall–Kier alpha value is -0.610. The van der Waals surface area contributed by atoms with Gasteiger partial charge in [0.2, 0.25) is 0 Å². The van der Waals surface area contributed by atoms with Crippen LogP contribution in [-0.2, 0) is 9.53 Å². The lowest BCUT2D eigenvalue weighted by Gasteiger charge is -2.28. The van der Waals surface area contributed by atoms with Gasteiger partial charge in [-0.2, -0.15) is 0 Å². The number of hydrogen-bond acceptors (Lipinski definition) is 4. The van der Waals surface area contributed by atoms with Crippen molar-refractivity contribution in [3.63, 3.8) is 0 Å². The third-order valence-corrected chi connectivity index (χ3v) is 3.21. The number of carbonyl (C=O) groups excluding carboxylic acids is 1. The van der Waals surface area contributed by atoms with Gasteiger partial charge in [-0.15, -0.1) is 0 Å². The lowest BCUT2D eigenvalue weighted by atomic mass is 10.1. The minimum Gasteiger partial charge on any atom is -0.465 e. The summed E-state index contributed by atoms with van der Waals surface area (Å²) in [5, 5.41) is 3.37. The van der Waals surface area contributed by atoms with Gasteiger partial charge in [-0.25, -0.2) is 0 Å². The van der Waals surface area contributed by atoms with Crippen molar-refractivity contribution < 1.29 is 9.53 Å². The number of nitrogens with zero attached hydrogens (tertiary/aromatic N) is 1. The summed E-state index contributed by atoms with van der Waals surface area (Å²) >= 11 is 0. The number of hydrogen-bond donors (Lipinski definition) is 1. The van der Waals surface area contributed by atoms with Crippen LogP contribution in [0.25, 0.3) is 0 Å². The Morgan fingerprint density at radius 2 is 2.18 bits per heavy atom. The maximum atomic E-state index is 12.0. The fourth-order valence-electron chi connectivity index (χ4n) is 2.26. The van der Waals surface area contributed by atoms with Crippen LogP contribution in [0.5, 0.6) is 0 Å². The van der Waals surface area contributed by atoms with E-state index in [1.165, 1.54) is 0 Å². The van der Waals surface area contributed by atoms with Crippen molar-refractivity contribution in [1.29, 1.82) is 0 Å². The van der Waals surface area contributed by atoms with Crippen LogP contribution in [0, 0.1) is 0 Å². The molecule has 100 valence electrons. The third kappa shape index (κ3) is 5.04. The van der Waals surface area contributed by atoms with E-state index < -0.39 is 0 Å². The Balaban J connectivity index is 2.55. The summed E-state index contributed by atoms with van der Waals surface area (Å²) in [7, 11) is 0. The molecule has 4 heteroatoms. The minimum atomic E-state index is -0.0390. The summed E-state index contributed by atoms with van der Waals surface area (Å²) in [6.45, 7) is 8.49. The van der Waals surface area contributed by atoms with Gasteiger partial charge in [-0.3, -0.25) is 9.69 Å². The maximum Gasteiger partial charge on any atom is 0.323 e. The summed E-state index contributed by atoms with van der Waals surface area (Å²) in [6.07, 6.45) is 4.26. The molecule has 0 aromatic heterocycles. The molecule has 0 bridgehead atoms. The molecule has 1 atom stereocenters. The number of carbonyl (C=O) groups is 1. The normalized spacial score (nSPS) is 19.6. The molecule has 1 aliphatic rings. The van der Waals surface area contributed by atoms with E-state index in [4.69, 9.17) is 4.74 Å². The fourth-order valence-corrected chi connectivity index (χ4v) is 2.26. The molecule has 4 nitrogen and oxygen atoms in total. The van der Waals surface area contributed by atoms with Gasteiger partial charge in [0.05, 0.1) is 6.61 Å². The quantitative estimate of drug-likeness (QED) is 0.715. The molecule has 0 amide bonds. The van der Waals surface area contributed by atoms with Crippen molar-refractivity contribution in [2.45, 2.75) is 45.6 Å². The molecule has 0 saturated carbocycles. The summed E-state index contributed by atoms with van der Waals surface area (Å²) in [5.41, 5.74) is 0. The van der Waals surface area contributed by atoms with Gasteiger partial charge in [-0.1, -0.05) is 19.8 Å². The van der Waals surface area contributed by atoms with Crippen molar-refractivity contribution in [3.8, 4) is 0 Å². The predicted molar refractivity (Wildman–Crippen MR) is 69.0 cm³/mol. The van der Waals surface area contributed by atoms with E-state index in [9.17, 15) is 4.79 Å². The molecule has 1 saturated heterocycles. The number of rotatable bonds is 6. The monoisotopic (exact) mass is 242 g/mol. The molecular formula is C13H26N2O2. The molecular weight excluding hydrogens is 216 g/mol. The van der Waals surface area contributed by atoms with Crippen LogP contribution in [0.2, 0.25) is 0 Å². The molecule has 1 rings (SSSR count). The average molecular weight is 242 g/mol. The molecule has 1 aliphatic heterocycles. The van der Waals surface area contributed by atoms with Crippen LogP contribution >= 0.6 is 0 Å². The Bertz CT molecular complexity index is 213. The lowest BCUT2D eigenvalue weighted by molar-refractivity contribution is -0.149. The van der Waals surface area contributed by atoms with Gasteiger partial charge in [0.15, 0.2) is 0 Å². The highest BCUT2D eigenvalue weighted by Gasteiger charge is 2.26. The van der Waals surface area contributed by atoms with Crippen molar-refractivity contribution in [3.05, 3.63) is 0 Å². The number of ether oxygens (including phenoxy) is 1. The first-order valence-corrected chi connectivity index (χ1v) is 6.91. The predicted octanol–water partition coefficient (Wildman–Crippen LogP) is 1.40. The SMILES string of the molecule is CCCCC(C(=O)OCC)N1CCCNCC1. The van der Waals surface area contributed by atoms with Gasteiger partial charge in [-0.05, 0) is 26.3 Å². The molecule has 17 heavy (non-hydrogen) atoms. The van der Waals surface area contributed by atoms with Crippen LogP contribution in [-0.4, -0.2) is 49.7 Å². The van der Waals surface area contributed by atoms with Gasteiger partial charge >= 0.3 is 5.97 Å². The van der Waals surface area contributed by atoms with Crippen molar-refractivity contribution in [2.75, 3.05) is 32.8 Å². The van der Waals surface area contributed by atoms with Crippen LogP contribution in [0.15, 0.2) is 0 Å². The summed E-state index contributed by atoms with van der Waals surface area (Å²) in [5.74, 6) is -0.0390. The Morgan fingerprint density at radius 3 is 2.88 bits per heavy atom. The summed E-state index contributed by atoms with van der Waals surface area (Å²) in [6, 6.07) is -0.0326. The van der Waals surface area contributed by atoms with E-state index in [0.29, 0.717) is 6.61 Å². The first kappa shape index (κ1) is 14.5. The second kappa shape index (κ2) is 8.48. The molecule has 0 radical (unpaired) electrons. The van der Waals surface area contributed by atoms with Gasteiger partial charge in [0.1, 0.15) is 6.04 Å². The number of esters is 1. The zero-order valence-corrected chi connectivity index (χ0v) is 11.2. The van der Waals surface area contributed by atoms with Crippen LogP contribution in [0.3, 0.4) is 0 Å². The van der Waals surface area contributed by atoms with E-state index in [2.05, 4.69) is 17.1 Å². The Labute approximate surface area is 105 Å². The highest BCUT2D eigenvalue weighted by molar-refractivity contribution is 5.75. The molecule has 0 aromatic rings. The second-order valence-corrected chi connectivity index (χ2v) is 4.55. The van der Waals surface area contributed by atoms with Crippen molar-refractivity contribution in [2.24, 2.45) is 0 Å². The standard InChI is InChI=1S/C13H26N2O2/c1-3-5-7-12(13(16)17-4-2)15-10-6-8-14-9-11-15/h12,14H,3-11H2,1-2H3. The van der Waals surface area contributed by atoms with Crippen LogP contribution in [0.4, 0.5) is 0 Å².